The van der Waals surface area contributed by atoms with Crippen LogP contribution in [-0.2, 0) is 0 Å². The third-order valence-electron chi connectivity index (χ3n) is 3.59. The van der Waals surface area contributed by atoms with Crippen LogP contribution in [0.1, 0.15) is 16.7 Å². The Morgan fingerprint density at radius 1 is 1.05 bits per heavy atom. The van der Waals surface area contributed by atoms with Gasteiger partial charge in [0.2, 0.25) is 5.95 Å². The van der Waals surface area contributed by atoms with E-state index >= 15 is 0 Å². The average Bonchev–Trinajstić information content (AvgIpc) is 2.73. The van der Waals surface area contributed by atoms with E-state index in [9.17, 15) is 0 Å². The van der Waals surface area contributed by atoms with Gasteiger partial charge in [0.25, 0.3) is 0 Å². The number of nitrogen functional groups attached to an aromatic ring is 1. The van der Waals surface area contributed by atoms with E-state index in [1.54, 1.807) is 0 Å². The number of hydrogen-bond acceptors (Lipinski definition) is 2. The van der Waals surface area contributed by atoms with Crippen molar-refractivity contribution in [3.63, 3.8) is 0 Å². The first kappa shape index (κ1) is 13.2. The van der Waals surface area contributed by atoms with Gasteiger partial charge >= 0.3 is 0 Å². The highest BCUT2D eigenvalue weighted by atomic mass is 79.9. The number of fused-ring (bicyclic) bond motifs is 1. The average molecular weight is 330 g/mol. The van der Waals surface area contributed by atoms with Crippen LogP contribution < -0.4 is 5.73 Å². The molecule has 2 aromatic carbocycles. The van der Waals surface area contributed by atoms with E-state index in [2.05, 4.69) is 66.0 Å². The number of halogens is 1. The van der Waals surface area contributed by atoms with Crippen molar-refractivity contribution >= 4 is 32.9 Å². The van der Waals surface area contributed by atoms with Gasteiger partial charge in [-0.15, -0.1) is 0 Å². The highest BCUT2D eigenvalue weighted by Gasteiger charge is 2.13. The number of nitrogens with two attached hydrogens (primary N) is 1. The Labute approximate surface area is 126 Å². The molecule has 2 N–H and O–H groups in total. The van der Waals surface area contributed by atoms with Gasteiger partial charge in [0.15, 0.2) is 0 Å². The predicted octanol–water partition coefficient (Wildman–Crippen LogP) is 4.30. The molecule has 0 fully saturated rings. The molecule has 0 atom stereocenters. The topological polar surface area (TPSA) is 43.8 Å². The minimum atomic E-state index is 0.524. The molecule has 1 aromatic heterocycles. The van der Waals surface area contributed by atoms with Crippen molar-refractivity contribution in [3.8, 4) is 5.69 Å². The Morgan fingerprint density at radius 3 is 2.35 bits per heavy atom. The summed E-state index contributed by atoms with van der Waals surface area (Å²) >= 11 is 3.60. The van der Waals surface area contributed by atoms with Crippen molar-refractivity contribution in [2.45, 2.75) is 20.8 Å². The normalized spacial score (nSPS) is 11.2. The Morgan fingerprint density at radius 2 is 1.70 bits per heavy atom. The molecule has 0 spiro atoms. The zero-order valence-corrected chi connectivity index (χ0v) is 13.3. The van der Waals surface area contributed by atoms with E-state index in [0.29, 0.717) is 5.95 Å². The number of nitrogens with zero attached hydrogens (tertiary/aromatic N) is 2. The zero-order valence-electron chi connectivity index (χ0n) is 11.7. The summed E-state index contributed by atoms with van der Waals surface area (Å²) in [6.45, 7) is 6.22. The molecule has 0 saturated carbocycles. The monoisotopic (exact) mass is 329 g/mol. The van der Waals surface area contributed by atoms with Crippen LogP contribution in [0.15, 0.2) is 34.8 Å². The Kier molecular flexibility index (Phi) is 3.05. The van der Waals surface area contributed by atoms with Crippen LogP contribution in [-0.4, -0.2) is 9.55 Å². The van der Waals surface area contributed by atoms with Gasteiger partial charge in [-0.1, -0.05) is 28.1 Å². The highest BCUT2D eigenvalue weighted by Crippen LogP contribution is 2.29. The van der Waals surface area contributed by atoms with E-state index in [0.717, 1.165) is 26.8 Å². The molecule has 3 rings (SSSR count). The van der Waals surface area contributed by atoms with E-state index in [1.165, 1.54) is 11.1 Å². The molecule has 0 aliphatic heterocycles. The highest BCUT2D eigenvalue weighted by molar-refractivity contribution is 9.10. The summed E-state index contributed by atoms with van der Waals surface area (Å²) in [6, 6.07) is 10.4. The van der Waals surface area contributed by atoms with Gasteiger partial charge in [0.05, 0.1) is 11.0 Å². The molecule has 0 aliphatic rings. The van der Waals surface area contributed by atoms with Crippen molar-refractivity contribution < 1.29 is 0 Å². The number of imidazole rings is 1. The summed E-state index contributed by atoms with van der Waals surface area (Å²) in [6.07, 6.45) is 0. The molecule has 0 amide bonds. The zero-order chi connectivity index (χ0) is 14.4. The molecular formula is C16H16BrN3. The van der Waals surface area contributed by atoms with Crippen molar-refractivity contribution in [2.24, 2.45) is 0 Å². The van der Waals surface area contributed by atoms with Crippen LogP contribution in [0.2, 0.25) is 0 Å². The number of aromatic nitrogens is 2. The van der Waals surface area contributed by atoms with E-state index in [-0.39, 0.29) is 0 Å². The third kappa shape index (κ3) is 1.91. The summed E-state index contributed by atoms with van der Waals surface area (Å²) < 4.78 is 3.15. The largest absolute Gasteiger partial charge is 0.369 e. The molecule has 0 bridgehead atoms. The summed E-state index contributed by atoms with van der Waals surface area (Å²) in [7, 11) is 0. The van der Waals surface area contributed by atoms with Gasteiger partial charge in [-0.2, -0.15) is 0 Å². The number of benzene rings is 2. The summed E-state index contributed by atoms with van der Waals surface area (Å²) in [5.74, 6) is 0.524. The fraction of sp³-hybridized carbons (Fsp3) is 0.188. The molecule has 4 heteroatoms. The lowest BCUT2D eigenvalue weighted by Gasteiger charge is -2.11. The standard InChI is InChI=1S/C16H16BrN3/c1-9-5-4-6-13-15(9)19-16(18)20(13)12-7-10(2)14(17)11(3)8-12/h4-8H,1-3H3,(H2,18,19). The Balaban J connectivity index is 2.35. The van der Waals surface area contributed by atoms with E-state index < -0.39 is 0 Å². The molecule has 1 heterocycles. The molecule has 20 heavy (non-hydrogen) atoms. The van der Waals surface area contributed by atoms with Crippen LogP contribution in [0.4, 0.5) is 5.95 Å². The lowest BCUT2D eigenvalue weighted by atomic mass is 10.1. The maximum atomic E-state index is 6.13. The summed E-state index contributed by atoms with van der Waals surface area (Å²) in [5, 5.41) is 0. The second kappa shape index (κ2) is 4.63. The van der Waals surface area contributed by atoms with Crippen molar-refractivity contribution in [2.75, 3.05) is 5.73 Å². The molecule has 0 radical (unpaired) electrons. The Bertz CT molecular complexity index is 795. The van der Waals surface area contributed by atoms with Crippen LogP contribution in [0, 0.1) is 20.8 Å². The van der Waals surface area contributed by atoms with Crippen LogP contribution in [0.5, 0.6) is 0 Å². The van der Waals surface area contributed by atoms with Gasteiger partial charge in [-0.25, -0.2) is 4.98 Å². The molecule has 0 aliphatic carbocycles. The third-order valence-corrected chi connectivity index (χ3v) is 4.84. The molecular weight excluding hydrogens is 314 g/mol. The maximum Gasteiger partial charge on any atom is 0.205 e. The van der Waals surface area contributed by atoms with Crippen LogP contribution in [0.3, 0.4) is 0 Å². The molecule has 0 saturated heterocycles. The smallest absolute Gasteiger partial charge is 0.205 e. The second-order valence-electron chi connectivity index (χ2n) is 5.14. The lowest BCUT2D eigenvalue weighted by Crippen LogP contribution is -2.01. The van der Waals surface area contributed by atoms with Gasteiger partial charge in [-0.3, -0.25) is 4.57 Å². The summed E-state index contributed by atoms with van der Waals surface area (Å²) in [4.78, 5) is 4.50. The van der Waals surface area contributed by atoms with Gasteiger partial charge < -0.3 is 5.73 Å². The number of rotatable bonds is 1. The molecule has 3 nitrogen and oxygen atoms in total. The minimum absolute atomic E-state index is 0.524. The molecule has 102 valence electrons. The quantitative estimate of drug-likeness (QED) is 0.723. The van der Waals surface area contributed by atoms with E-state index in [4.69, 9.17) is 5.73 Å². The van der Waals surface area contributed by atoms with Gasteiger partial charge in [0, 0.05) is 10.2 Å². The Hall–Kier alpha value is -1.81. The van der Waals surface area contributed by atoms with Crippen molar-refractivity contribution in [3.05, 3.63) is 51.5 Å². The first-order valence-electron chi connectivity index (χ1n) is 6.49. The van der Waals surface area contributed by atoms with Crippen molar-refractivity contribution in [1.29, 1.82) is 0 Å². The fourth-order valence-corrected chi connectivity index (χ4v) is 2.81. The van der Waals surface area contributed by atoms with Crippen LogP contribution >= 0.6 is 15.9 Å². The number of para-hydroxylation sites is 1. The fourth-order valence-electron chi connectivity index (χ4n) is 2.58. The molecule has 0 unspecified atom stereocenters. The molecule has 3 aromatic rings. The SMILES string of the molecule is Cc1cc(-n2c(N)nc3c(C)cccc32)cc(C)c1Br. The number of aryl methyl sites for hydroxylation is 3. The number of hydrogen-bond donors (Lipinski definition) is 1. The first-order chi connectivity index (χ1) is 9.49. The minimum Gasteiger partial charge on any atom is -0.369 e. The first-order valence-corrected chi connectivity index (χ1v) is 7.29. The summed E-state index contributed by atoms with van der Waals surface area (Å²) in [5.41, 5.74) is 12.7. The van der Waals surface area contributed by atoms with E-state index in [1.807, 2.05) is 10.6 Å². The lowest BCUT2D eigenvalue weighted by molar-refractivity contribution is 1.10. The van der Waals surface area contributed by atoms with Gasteiger partial charge in [-0.05, 0) is 55.7 Å². The predicted molar refractivity (Wildman–Crippen MR) is 87.4 cm³/mol. The van der Waals surface area contributed by atoms with Crippen LogP contribution in [0.25, 0.3) is 16.7 Å². The van der Waals surface area contributed by atoms with Gasteiger partial charge in [0.1, 0.15) is 0 Å². The number of anilines is 1. The van der Waals surface area contributed by atoms with Crippen molar-refractivity contribution in [1.82, 2.24) is 9.55 Å². The maximum absolute atomic E-state index is 6.13. The second-order valence-corrected chi connectivity index (χ2v) is 5.93.